The number of fused-ring (bicyclic) bond motifs is 1. The molecule has 1 heteroatoms. The Labute approximate surface area is 86.7 Å². The fourth-order valence-corrected chi connectivity index (χ4v) is 1.94. The lowest BCUT2D eigenvalue weighted by molar-refractivity contribution is 1.38. The van der Waals surface area contributed by atoms with E-state index in [-0.39, 0.29) is 0 Å². The maximum atomic E-state index is 3.48. The minimum atomic E-state index is 1.14. The first-order valence-corrected chi connectivity index (χ1v) is 5.13. The molecule has 0 aliphatic heterocycles. The molecule has 0 saturated heterocycles. The first-order chi connectivity index (χ1) is 6.18. The van der Waals surface area contributed by atoms with Gasteiger partial charge in [0, 0.05) is 4.47 Å². The van der Waals surface area contributed by atoms with Crippen LogP contribution < -0.4 is 0 Å². The van der Waals surface area contributed by atoms with Crippen molar-refractivity contribution in [1.82, 2.24) is 0 Å². The molecule has 0 aliphatic rings. The molecule has 0 atom stereocenters. The molecule has 2 aromatic carbocycles. The molecule has 0 aliphatic carbocycles. The zero-order valence-corrected chi connectivity index (χ0v) is 9.35. The normalized spacial score (nSPS) is 10.7. The summed E-state index contributed by atoms with van der Waals surface area (Å²) >= 11 is 3.48. The quantitative estimate of drug-likeness (QED) is 0.641. The molecule has 0 saturated carbocycles. The molecule has 0 unspecified atom stereocenters. The monoisotopic (exact) mass is 234 g/mol. The third-order valence-corrected chi connectivity index (χ3v) is 3.02. The lowest BCUT2D eigenvalue weighted by Crippen LogP contribution is -1.83. The van der Waals surface area contributed by atoms with Gasteiger partial charge in [0.15, 0.2) is 0 Å². The smallest absolute Gasteiger partial charge is 0.0181 e. The topological polar surface area (TPSA) is 0 Å². The van der Waals surface area contributed by atoms with Crippen molar-refractivity contribution in [3.8, 4) is 0 Å². The zero-order valence-electron chi connectivity index (χ0n) is 7.76. The summed E-state index contributed by atoms with van der Waals surface area (Å²) in [7, 11) is 0. The Hall–Kier alpha value is -0.820. The molecule has 0 N–H and O–H groups in total. The fraction of sp³-hybridized carbons (Fsp3) is 0.167. The average molecular weight is 235 g/mol. The summed E-state index contributed by atoms with van der Waals surface area (Å²) in [4.78, 5) is 0. The van der Waals surface area contributed by atoms with E-state index in [1.807, 2.05) is 0 Å². The van der Waals surface area contributed by atoms with E-state index < -0.39 is 0 Å². The van der Waals surface area contributed by atoms with Crippen molar-refractivity contribution in [3.05, 3.63) is 45.9 Å². The van der Waals surface area contributed by atoms with Crippen molar-refractivity contribution >= 4 is 26.7 Å². The average Bonchev–Trinajstić information content (AvgIpc) is 2.12. The van der Waals surface area contributed by atoms with Crippen LogP contribution in [-0.4, -0.2) is 0 Å². The molecular formula is C12H11Br. The first-order valence-electron chi connectivity index (χ1n) is 4.34. The van der Waals surface area contributed by atoms with Gasteiger partial charge in [0.25, 0.3) is 0 Å². The lowest BCUT2D eigenvalue weighted by Gasteiger charge is -2.05. The van der Waals surface area contributed by atoms with Gasteiger partial charge in [0.1, 0.15) is 0 Å². The molecule has 66 valence electrons. The lowest BCUT2D eigenvalue weighted by atomic mass is 10.0. The SMILES string of the molecule is Cc1ccc2cc(Br)ccc2c1C. The van der Waals surface area contributed by atoms with Crippen LogP contribution in [0.25, 0.3) is 10.8 Å². The van der Waals surface area contributed by atoms with Gasteiger partial charge in [-0.2, -0.15) is 0 Å². The zero-order chi connectivity index (χ0) is 9.42. The summed E-state index contributed by atoms with van der Waals surface area (Å²) < 4.78 is 1.14. The van der Waals surface area contributed by atoms with E-state index in [1.165, 1.54) is 21.9 Å². The van der Waals surface area contributed by atoms with Gasteiger partial charge < -0.3 is 0 Å². The predicted octanol–water partition coefficient (Wildman–Crippen LogP) is 4.22. The Kier molecular flexibility index (Phi) is 2.12. The Morgan fingerprint density at radius 1 is 1.00 bits per heavy atom. The molecular weight excluding hydrogens is 224 g/mol. The van der Waals surface area contributed by atoms with Crippen molar-refractivity contribution in [2.75, 3.05) is 0 Å². The van der Waals surface area contributed by atoms with E-state index in [4.69, 9.17) is 0 Å². The van der Waals surface area contributed by atoms with Gasteiger partial charge in [-0.3, -0.25) is 0 Å². The molecule has 0 spiro atoms. The van der Waals surface area contributed by atoms with Gasteiger partial charge in [0.2, 0.25) is 0 Å². The Balaban J connectivity index is 2.87. The fourth-order valence-electron chi connectivity index (χ4n) is 1.57. The van der Waals surface area contributed by atoms with Crippen LogP contribution in [0.3, 0.4) is 0 Å². The van der Waals surface area contributed by atoms with Crippen LogP contribution in [0.15, 0.2) is 34.8 Å². The van der Waals surface area contributed by atoms with Gasteiger partial charge in [0.05, 0.1) is 0 Å². The van der Waals surface area contributed by atoms with Crippen molar-refractivity contribution in [2.45, 2.75) is 13.8 Å². The highest BCUT2D eigenvalue weighted by Crippen LogP contribution is 2.24. The van der Waals surface area contributed by atoms with Gasteiger partial charge in [-0.25, -0.2) is 0 Å². The third-order valence-electron chi connectivity index (χ3n) is 2.52. The van der Waals surface area contributed by atoms with Crippen LogP contribution in [-0.2, 0) is 0 Å². The predicted molar refractivity (Wildman–Crippen MR) is 61.1 cm³/mol. The molecule has 0 aromatic heterocycles. The standard InChI is InChI=1S/C12H11Br/c1-8-3-4-10-7-11(13)5-6-12(10)9(8)2/h3-7H,1-2H3. The number of aryl methyl sites for hydroxylation is 2. The Bertz CT molecular complexity index is 458. The van der Waals surface area contributed by atoms with Crippen LogP contribution >= 0.6 is 15.9 Å². The molecule has 0 radical (unpaired) electrons. The van der Waals surface area contributed by atoms with Gasteiger partial charge in [-0.15, -0.1) is 0 Å². The molecule has 13 heavy (non-hydrogen) atoms. The van der Waals surface area contributed by atoms with E-state index in [9.17, 15) is 0 Å². The van der Waals surface area contributed by atoms with Crippen molar-refractivity contribution in [3.63, 3.8) is 0 Å². The highest BCUT2D eigenvalue weighted by atomic mass is 79.9. The van der Waals surface area contributed by atoms with E-state index in [0.29, 0.717) is 0 Å². The number of halogens is 1. The van der Waals surface area contributed by atoms with Crippen LogP contribution in [0.4, 0.5) is 0 Å². The van der Waals surface area contributed by atoms with Crippen LogP contribution in [0.5, 0.6) is 0 Å². The molecule has 0 fully saturated rings. The third kappa shape index (κ3) is 1.49. The first kappa shape index (κ1) is 8.76. The van der Waals surface area contributed by atoms with E-state index in [2.05, 4.69) is 60.1 Å². The summed E-state index contributed by atoms with van der Waals surface area (Å²) in [6, 6.07) is 10.8. The summed E-state index contributed by atoms with van der Waals surface area (Å²) in [6.45, 7) is 4.32. The number of benzene rings is 2. The summed E-state index contributed by atoms with van der Waals surface area (Å²) in [5, 5.41) is 2.65. The van der Waals surface area contributed by atoms with Crippen LogP contribution in [0, 0.1) is 13.8 Å². The van der Waals surface area contributed by atoms with Crippen LogP contribution in [0.2, 0.25) is 0 Å². The number of hydrogen-bond donors (Lipinski definition) is 0. The molecule has 0 bridgehead atoms. The molecule has 2 rings (SSSR count). The van der Waals surface area contributed by atoms with Crippen molar-refractivity contribution < 1.29 is 0 Å². The second-order valence-electron chi connectivity index (χ2n) is 3.37. The van der Waals surface area contributed by atoms with Gasteiger partial charge in [-0.1, -0.05) is 34.1 Å². The minimum Gasteiger partial charge on any atom is -0.0584 e. The maximum Gasteiger partial charge on any atom is 0.0181 e. The molecule has 2 aromatic rings. The second kappa shape index (κ2) is 3.15. The Morgan fingerprint density at radius 2 is 1.77 bits per heavy atom. The molecule has 0 nitrogen and oxygen atoms in total. The molecule has 0 amide bonds. The van der Waals surface area contributed by atoms with Gasteiger partial charge >= 0.3 is 0 Å². The van der Waals surface area contributed by atoms with Crippen molar-refractivity contribution in [1.29, 1.82) is 0 Å². The largest absolute Gasteiger partial charge is 0.0584 e. The second-order valence-corrected chi connectivity index (χ2v) is 4.29. The van der Waals surface area contributed by atoms with E-state index >= 15 is 0 Å². The van der Waals surface area contributed by atoms with Crippen LogP contribution in [0.1, 0.15) is 11.1 Å². The highest BCUT2D eigenvalue weighted by molar-refractivity contribution is 9.10. The van der Waals surface area contributed by atoms with E-state index in [1.54, 1.807) is 0 Å². The molecule has 0 heterocycles. The Morgan fingerprint density at radius 3 is 2.54 bits per heavy atom. The van der Waals surface area contributed by atoms with Crippen molar-refractivity contribution in [2.24, 2.45) is 0 Å². The number of rotatable bonds is 0. The summed E-state index contributed by atoms with van der Waals surface area (Å²) in [5.74, 6) is 0. The minimum absolute atomic E-state index is 1.14. The van der Waals surface area contributed by atoms with Gasteiger partial charge in [-0.05, 0) is 47.9 Å². The maximum absolute atomic E-state index is 3.48. The summed E-state index contributed by atoms with van der Waals surface area (Å²) in [5.41, 5.74) is 2.74. The van der Waals surface area contributed by atoms with E-state index in [0.717, 1.165) is 4.47 Å². The number of hydrogen-bond acceptors (Lipinski definition) is 0. The summed E-state index contributed by atoms with van der Waals surface area (Å²) in [6.07, 6.45) is 0. The highest BCUT2D eigenvalue weighted by Gasteiger charge is 1.99.